The molecule has 0 spiro atoms. The Morgan fingerprint density at radius 2 is 2.05 bits per heavy atom. The molecular weight excluding hydrogens is 262 g/mol. The summed E-state index contributed by atoms with van der Waals surface area (Å²) in [4.78, 5) is 0. The fraction of sp³-hybridized carbons (Fsp3) is 0.667. The van der Waals surface area contributed by atoms with E-state index in [0.717, 1.165) is 31.7 Å². The minimum absolute atomic E-state index is 0.235. The predicted molar refractivity (Wildman–Crippen MR) is 87.2 cm³/mol. The Hall–Kier alpha value is -1.06. The summed E-state index contributed by atoms with van der Waals surface area (Å²) in [5.74, 6) is 1.51. The van der Waals surface area contributed by atoms with Crippen LogP contribution < -0.4 is 10.1 Å². The minimum Gasteiger partial charge on any atom is -0.491 e. The number of likely N-dealkylation sites (N-methyl/N-ethyl adjacent to an activating group) is 1. The second-order valence-electron chi connectivity index (χ2n) is 6.25. The lowest BCUT2D eigenvalue weighted by atomic mass is 9.98. The highest BCUT2D eigenvalue weighted by Gasteiger charge is 2.25. The highest BCUT2D eigenvalue weighted by molar-refractivity contribution is 5.36. The third kappa shape index (κ3) is 4.72. The lowest BCUT2D eigenvalue weighted by Gasteiger charge is -2.16. The molecule has 0 amide bonds. The van der Waals surface area contributed by atoms with E-state index >= 15 is 0 Å². The maximum Gasteiger partial charge on any atom is 0.119 e. The summed E-state index contributed by atoms with van der Waals surface area (Å²) < 4.78 is 11.9. The number of nitrogens with one attached hydrogen (secondary N) is 1. The quantitative estimate of drug-likeness (QED) is 0.831. The molecule has 1 N–H and O–H groups in total. The van der Waals surface area contributed by atoms with Crippen LogP contribution in [-0.4, -0.2) is 31.9 Å². The Kier molecular flexibility index (Phi) is 6.07. The number of hydrogen-bond acceptors (Lipinski definition) is 3. The normalized spacial score (nSPS) is 22.0. The van der Waals surface area contributed by atoms with E-state index in [4.69, 9.17) is 9.47 Å². The van der Waals surface area contributed by atoms with Crippen LogP contribution in [0.5, 0.6) is 5.75 Å². The Balaban J connectivity index is 1.80. The molecule has 1 aliphatic heterocycles. The molecule has 2 rings (SSSR count). The van der Waals surface area contributed by atoms with E-state index in [2.05, 4.69) is 51.2 Å². The van der Waals surface area contributed by atoms with Crippen LogP contribution in [0.4, 0.5) is 0 Å². The average Bonchev–Trinajstić information content (AvgIpc) is 2.90. The first-order valence-electron chi connectivity index (χ1n) is 8.19. The molecule has 0 aliphatic carbocycles. The van der Waals surface area contributed by atoms with Crippen molar-refractivity contribution in [3.8, 4) is 5.75 Å². The first kappa shape index (κ1) is 16.3. The third-order valence-corrected chi connectivity index (χ3v) is 4.12. The molecule has 0 saturated carbocycles. The van der Waals surface area contributed by atoms with Gasteiger partial charge in [0.2, 0.25) is 0 Å². The maximum atomic E-state index is 5.99. The van der Waals surface area contributed by atoms with Gasteiger partial charge in [0.15, 0.2) is 0 Å². The summed E-state index contributed by atoms with van der Waals surface area (Å²) in [5.41, 5.74) is 2.70. The SMILES string of the molecule is CCNCC1CCC(COc2ccc(C(C)C)c(C)c2)O1. The molecule has 0 radical (unpaired) electrons. The predicted octanol–water partition coefficient (Wildman–Crippen LogP) is 3.65. The standard InChI is InChI=1S/C18H29NO2/c1-5-19-11-16-6-7-17(21-16)12-20-15-8-9-18(13(2)3)14(4)10-15/h8-10,13,16-17,19H,5-7,11-12H2,1-4H3. The van der Waals surface area contributed by atoms with Crippen LogP contribution in [0.25, 0.3) is 0 Å². The summed E-state index contributed by atoms with van der Waals surface area (Å²) in [6.45, 7) is 11.3. The molecule has 0 bridgehead atoms. The molecule has 1 aromatic rings. The highest BCUT2D eigenvalue weighted by Crippen LogP contribution is 2.25. The smallest absolute Gasteiger partial charge is 0.119 e. The van der Waals surface area contributed by atoms with Crippen LogP contribution in [0.3, 0.4) is 0 Å². The Bertz CT molecular complexity index is 445. The van der Waals surface area contributed by atoms with Crippen molar-refractivity contribution in [2.75, 3.05) is 19.7 Å². The van der Waals surface area contributed by atoms with Crippen molar-refractivity contribution >= 4 is 0 Å². The van der Waals surface area contributed by atoms with Crippen LogP contribution in [0.2, 0.25) is 0 Å². The van der Waals surface area contributed by atoms with Gasteiger partial charge in [0, 0.05) is 6.54 Å². The number of benzene rings is 1. The van der Waals surface area contributed by atoms with Gasteiger partial charge in [0.05, 0.1) is 12.2 Å². The van der Waals surface area contributed by atoms with Crippen molar-refractivity contribution in [1.29, 1.82) is 0 Å². The van der Waals surface area contributed by atoms with Crippen molar-refractivity contribution in [3.05, 3.63) is 29.3 Å². The molecule has 1 aliphatic rings. The molecule has 1 aromatic carbocycles. The van der Waals surface area contributed by atoms with Crippen molar-refractivity contribution < 1.29 is 9.47 Å². The molecule has 118 valence electrons. The molecule has 2 atom stereocenters. The number of aryl methyl sites for hydroxylation is 1. The number of ether oxygens (including phenoxy) is 2. The minimum atomic E-state index is 0.235. The van der Waals surface area contributed by atoms with Gasteiger partial charge in [-0.1, -0.05) is 26.8 Å². The fourth-order valence-electron chi connectivity index (χ4n) is 2.93. The maximum absolute atomic E-state index is 5.99. The zero-order valence-corrected chi connectivity index (χ0v) is 13.8. The van der Waals surface area contributed by atoms with Gasteiger partial charge in [-0.25, -0.2) is 0 Å². The Labute approximate surface area is 129 Å². The van der Waals surface area contributed by atoms with E-state index < -0.39 is 0 Å². The van der Waals surface area contributed by atoms with Gasteiger partial charge in [-0.3, -0.25) is 0 Å². The van der Waals surface area contributed by atoms with Gasteiger partial charge in [0.1, 0.15) is 12.4 Å². The first-order valence-corrected chi connectivity index (χ1v) is 8.19. The first-order chi connectivity index (χ1) is 10.1. The van der Waals surface area contributed by atoms with Gasteiger partial charge in [-0.05, 0) is 55.5 Å². The van der Waals surface area contributed by atoms with Crippen molar-refractivity contribution in [3.63, 3.8) is 0 Å². The Morgan fingerprint density at radius 1 is 1.29 bits per heavy atom. The average molecular weight is 291 g/mol. The number of hydrogen-bond donors (Lipinski definition) is 1. The zero-order chi connectivity index (χ0) is 15.2. The molecule has 1 fully saturated rings. The van der Waals surface area contributed by atoms with Gasteiger partial charge in [-0.15, -0.1) is 0 Å². The molecule has 3 nitrogen and oxygen atoms in total. The van der Waals surface area contributed by atoms with Crippen LogP contribution in [0.1, 0.15) is 50.7 Å². The molecule has 3 heteroatoms. The largest absolute Gasteiger partial charge is 0.491 e. The summed E-state index contributed by atoms with van der Waals surface area (Å²) in [6.07, 6.45) is 2.81. The monoisotopic (exact) mass is 291 g/mol. The van der Waals surface area contributed by atoms with Gasteiger partial charge in [-0.2, -0.15) is 0 Å². The Morgan fingerprint density at radius 3 is 2.71 bits per heavy atom. The van der Waals surface area contributed by atoms with Crippen LogP contribution >= 0.6 is 0 Å². The van der Waals surface area contributed by atoms with Crippen molar-refractivity contribution in [2.24, 2.45) is 0 Å². The zero-order valence-electron chi connectivity index (χ0n) is 13.8. The van der Waals surface area contributed by atoms with E-state index in [1.807, 2.05) is 0 Å². The lowest BCUT2D eigenvalue weighted by molar-refractivity contribution is 0.0188. The van der Waals surface area contributed by atoms with Crippen LogP contribution in [0.15, 0.2) is 18.2 Å². The van der Waals surface area contributed by atoms with Crippen LogP contribution in [0, 0.1) is 6.92 Å². The van der Waals surface area contributed by atoms with E-state index in [-0.39, 0.29) is 6.10 Å². The lowest BCUT2D eigenvalue weighted by Crippen LogP contribution is -2.28. The van der Waals surface area contributed by atoms with Crippen molar-refractivity contribution in [1.82, 2.24) is 5.32 Å². The van der Waals surface area contributed by atoms with Gasteiger partial charge < -0.3 is 14.8 Å². The summed E-state index contributed by atoms with van der Waals surface area (Å²) in [7, 11) is 0. The van der Waals surface area contributed by atoms with E-state index in [1.165, 1.54) is 11.1 Å². The van der Waals surface area contributed by atoms with Crippen molar-refractivity contribution in [2.45, 2.75) is 58.7 Å². The summed E-state index contributed by atoms with van der Waals surface area (Å²) >= 11 is 0. The highest BCUT2D eigenvalue weighted by atomic mass is 16.5. The van der Waals surface area contributed by atoms with Crippen LogP contribution in [-0.2, 0) is 4.74 Å². The van der Waals surface area contributed by atoms with E-state index in [1.54, 1.807) is 0 Å². The molecule has 1 heterocycles. The topological polar surface area (TPSA) is 30.5 Å². The number of rotatable bonds is 7. The summed E-state index contributed by atoms with van der Waals surface area (Å²) in [6, 6.07) is 6.40. The van der Waals surface area contributed by atoms with Gasteiger partial charge in [0.25, 0.3) is 0 Å². The second kappa shape index (κ2) is 7.81. The third-order valence-electron chi connectivity index (χ3n) is 4.12. The van der Waals surface area contributed by atoms with E-state index in [0.29, 0.717) is 18.6 Å². The molecule has 21 heavy (non-hydrogen) atoms. The molecular formula is C18H29NO2. The van der Waals surface area contributed by atoms with E-state index in [9.17, 15) is 0 Å². The fourth-order valence-corrected chi connectivity index (χ4v) is 2.93. The molecule has 1 saturated heterocycles. The van der Waals surface area contributed by atoms with Gasteiger partial charge >= 0.3 is 0 Å². The molecule has 0 aromatic heterocycles. The molecule has 2 unspecified atom stereocenters. The summed E-state index contributed by atoms with van der Waals surface area (Å²) in [5, 5.41) is 3.34. The second-order valence-corrected chi connectivity index (χ2v) is 6.25.